The monoisotopic (exact) mass is 504 g/mol. The van der Waals surface area contributed by atoms with Crippen molar-refractivity contribution in [2.45, 2.75) is 58.5 Å². The van der Waals surface area contributed by atoms with Crippen LogP contribution in [0, 0.1) is 0 Å². The second kappa shape index (κ2) is 9.62. The van der Waals surface area contributed by atoms with Gasteiger partial charge in [0.25, 0.3) is 0 Å². The topological polar surface area (TPSA) is 62.7 Å². The van der Waals surface area contributed by atoms with Crippen molar-refractivity contribution >= 4 is 17.3 Å². The number of aliphatic carboxylic acids is 1. The predicted octanol–water partition coefficient (Wildman–Crippen LogP) is 6.19. The molecule has 35 heavy (non-hydrogen) atoms. The van der Waals surface area contributed by atoms with E-state index < -0.39 is 23.3 Å². The van der Waals surface area contributed by atoms with E-state index in [-0.39, 0.29) is 0 Å². The van der Waals surface area contributed by atoms with Gasteiger partial charge >= 0.3 is 12.1 Å². The highest BCUT2D eigenvalue weighted by Crippen LogP contribution is 2.34. The molecule has 1 N–H and O–H groups in total. The van der Waals surface area contributed by atoms with E-state index in [9.17, 15) is 23.1 Å². The minimum atomic E-state index is -4.36. The Morgan fingerprint density at radius 1 is 1.14 bits per heavy atom. The number of rotatable bonds is 7. The summed E-state index contributed by atoms with van der Waals surface area (Å²) in [7, 11) is 0. The van der Waals surface area contributed by atoms with Crippen molar-refractivity contribution in [2.75, 3.05) is 6.54 Å². The molecular weight excluding hydrogens is 477 g/mol. The van der Waals surface area contributed by atoms with Crippen LogP contribution in [-0.4, -0.2) is 33.1 Å². The smallest absolute Gasteiger partial charge is 0.416 e. The highest BCUT2D eigenvalue weighted by Gasteiger charge is 2.31. The van der Waals surface area contributed by atoms with Gasteiger partial charge in [0.2, 0.25) is 0 Å². The van der Waals surface area contributed by atoms with Crippen LogP contribution >= 0.6 is 11.3 Å². The van der Waals surface area contributed by atoms with Gasteiger partial charge in [-0.15, -0.1) is 11.3 Å². The highest BCUT2D eigenvalue weighted by atomic mass is 32.1. The molecule has 1 aliphatic rings. The number of carboxylic acids is 1. The lowest BCUT2D eigenvalue weighted by molar-refractivity contribution is -0.152. The van der Waals surface area contributed by atoms with Crippen LogP contribution in [0.3, 0.4) is 0 Å². The van der Waals surface area contributed by atoms with Crippen molar-refractivity contribution in [3.05, 3.63) is 69.7 Å². The van der Waals surface area contributed by atoms with Gasteiger partial charge < -0.3 is 9.84 Å². The fourth-order valence-corrected chi connectivity index (χ4v) is 5.23. The van der Waals surface area contributed by atoms with Gasteiger partial charge in [0.05, 0.1) is 11.3 Å². The zero-order chi connectivity index (χ0) is 25.4. The average Bonchev–Trinajstić information content (AvgIpc) is 3.21. The molecule has 1 aliphatic heterocycles. The maximum atomic E-state index is 12.9. The molecule has 186 valence electrons. The Bertz CT molecular complexity index is 1220. The number of hydrogen-bond donors (Lipinski definition) is 1. The van der Waals surface area contributed by atoms with Crippen LogP contribution in [0.25, 0.3) is 10.6 Å². The number of thiazole rings is 1. The van der Waals surface area contributed by atoms with Gasteiger partial charge in [0.1, 0.15) is 10.8 Å². The van der Waals surface area contributed by atoms with E-state index in [2.05, 4.69) is 4.90 Å². The number of ether oxygens (including phenoxy) is 1. The molecular formula is C26H27F3N2O3S. The first-order chi connectivity index (χ1) is 16.5. The van der Waals surface area contributed by atoms with Crippen LogP contribution in [-0.2, 0) is 36.9 Å². The largest absolute Gasteiger partial charge is 0.478 e. The molecule has 0 bridgehead atoms. The number of alkyl halides is 3. The van der Waals surface area contributed by atoms with Crippen molar-refractivity contribution in [3.63, 3.8) is 0 Å². The van der Waals surface area contributed by atoms with Gasteiger partial charge in [-0.3, -0.25) is 4.90 Å². The van der Waals surface area contributed by atoms with Crippen LogP contribution in [0.4, 0.5) is 13.2 Å². The third-order valence-electron chi connectivity index (χ3n) is 6.10. The van der Waals surface area contributed by atoms with Crippen molar-refractivity contribution in [3.8, 4) is 16.3 Å². The summed E-state index contributed by atoms with van der Waals surface area (Å²) in [6, 6.07) is 10.9. The standard InChI is InChI=1S/C26H27F3N2O3S/c1-4-21-22(35-23(30-21)16-5-8-19(9-6-16)26(27,28)29)15-31-12-11-17-13-20(10-7-18(17)14-31)34-25(2,3)24(32)33/h5-10,13H,4,11-12,14-15H2,1-3H3,(H,32,33). The van der Waals surface area contributed by atoms with Crippen LogP contribution in [0.1, 0.15) is 48.0 Å². The first-order valence-electron chi connectivity index (χ1n) is 11.4. The summed E-state index contributed by atoms with van der Waals surface area (Å²) in [5, 5.41) is 10.0. The summed E-state index contributed by atoms with van der Waals surface area (Å²) >= 11 is 1.53. The minimum Gasteiger partial charge on any atom is -0.478 e. The van der Waals surface area contributed by atoms with E-state index >= 15 is 0 Å². The number of aromatic nitrogens is 1. The molecule has 0 aliphatic carbocycles. The third-order valence-corrected chi connectivity index (χ3v) is 7.23. The van der Waals surface area contributed by atoms with E-state index in [4.69, 9.17) is 9.72 Å². The predicted molar refractivity (Wildman–Crippen MR) is 129 cm³/mol. The van der Waals surface area contributed by atoms with E-state index in [0.717, 1.165) is 59.2 Å². The summed E-state index contributed by atoms with van der Waals surface area (Å²) in [6.07, 6.45) is -2.80. The summed E-state index contributed by atoms with van der Waals surface area (Å²) in [6.45, 7) is 7.36. The number of fused-ring (bicyclic) bond motifs is 1. The van der Waals surface area contributed by atoms with Crippen LogP contribution in [0.5, 0.6) is 5.75 Å². The van der Waals surface area contributed by atoms with Crippen LogP contribution < -0.4 is 4.74 Å². The molecule has 4 rings (SSSR count). The van der Waals surface area contributed by atoms with E-state index in [1.807, 2.05) is 19.1 Å². The van der Waals surface area contributed by atoms with Gasteiger partial charge in [-0.25, -0.2) is 9.78 Å². The molecule has 0 spiro atoms. The quantitative estimate of drug-likeness (QED) is 0.416. The van der Waals surface area contributed by atoms with E-state index in [0.29, 0.717) is 17.9 Å². The Morgan fingerprint density at radius 3 is 2.49 bits per heavy atom. The fourth-order valence-electron chi connectivity index (χ4n) is 4.04. The maximum absolute atomic E-state index is 12.9. The van der Waals surface area contributed by atoms with E-state index in [1.165, 1.54) is 42.9 Å². The minimum absolute atomic E-state index is 0.543. The van der Waals surface area contributed by atoms with Gasteiger partial charge in [-0.2, -0.15) is 13.2 Å². The molecule has 9 heteroatoms. The third kappa shape index (κ3) is 5.67. The molecule has 0 unspecified atom stereocenters. The Kier molecular flexibility index (Phi) is 6.92. The van der Waals surface area contributed by atoms with Crippen LogP contribution in [0.15, 0.2) is 42.5 Å². The van der Waals surface area contributed by atoms with Gasteiger partial charge in [0, 0.05) is 30.1 Å². The Morgan fingerprint density at radius 2 is 1.86 bits per heavy atom. The normalized spacial score (nSPS) is 14.6. The summed E-state index contributed by atoms with van der Waals surface area (Å²) in [4.78, 5) is 19.5. The molecule has 0 radical (unpaired) electrons. The average molecular weight is 505 g/mol. The molecule has 0 atom stereocenters. The first kappa shape index (κ1) is 25.2. The van der Waals surface area contributed by atoms with Gasteiger partial charge in [0.15, 0.2) is 5.60 Å². The SMILES string of the molecule is CCc1nc(-c2ccc(C(F)(F)F)cc2)sc1CN1CCc2cc(OC(C)(C)C(=O)O)ccc2C1. The second-order valence-corrected chi connectivity index (χ2v) is 10.2. The zero-order valence-electron chi connectivity index (χ0n) is 19.8. The lowest BCUT2D eigenvalue weighted by Gasteiger charge is -2.29. The Hall–Kier alpha value is -2.91. The fraction of sp³-hybridized carbons (Fsp3) is 0.385. The molecule has 2 aromatic carbocycles. The number of halogens is 3. The summed E-state index contributed by atoms with van der Waals surface area (Å²) < 4.78 is 44.3. The number of aryl methyl sites for hydroxylation is 1. The molecule has 0 amide bonds. The second-order valence-electron chi connectivity index (χ2n) is 9.13. The lowest BCUT2D eigenvalue weighted by atomic mass is 9.99. The van der Waals surface area contributed by atoms with E-state index in [1.54, 1.807) is 6.07 Å². The van der Waals surface area contributed by atoms with Gasteiger partial charge in [-0.1, -0.05) is 25.1 Å². The molecule has 0 saturated heterocycles. The van der Waals surface area contributed by atoms with Gasteiger partial charge in [-0.05, 0) is 62.1 Å². The Labute approximate surface area is 206 Å². The zero-order valence-corrected chi connectivity index (χ0v) is 20.6. The van der Waals surface area contributed by atoms with Crippen molar-refractivity contribution in [1.82, 2.24) is 9.88 Å². The number of carboxylic acid groups (broad SMARTS) is 1. The molecule has 0 saturated carbocycles. The number of hydrogen-bond acceptors (Lipinski definition) is 5. The molecule has 2 heterocycles. The molecule has 5 nitrogen and oxygen atoms in total. The lowest BCUT2D eigenvalue weighted by Crippen LogP contribution is -2.38. The van der Waals surface area contributed by atoms with Crippen molar-refractivity contribution < 1.29 is 27.8 Å². The number of carbonyl (C=O) groups is 1. The number of benzene rings is 2. The number of nitrogens with zero attached hydrogens (tertiary/aromatic N) is 2. The molecule has 1 aromatic heterocycles. The van der Waals surface area contributed by atoms with Crippen molar-refractivity contribution in [1.29, 1.82) is 0 Å². The molecule has 3 aromatic rings. The van der Waals surface area contributed by atoms with Crippen molar-refractivity contribution in [2.24, 2.45) is 0 Å². The van der Waals surface area contributed by atoms with Crippen LogP contribution in [0.2, 0.25) is 0 Å². The molecule has 0 fully saturated rings. The summed E-state index contributed by atoms with van der Waals surface area (Å²) in [5.41, 5.74) is 2.00. The summed E-state index contributed by atoms with van der Waals surface area (Å²) in [5.74, 6) is -0.477. The first-order valence-corrected chi connectivity index (χ1v) is 12.2. The maximum Gasteiger partial charge on any atom is 0.416 e. The highest BCUT2D eigenvalue weighted by molar-refractivity contribution is 7.15. The Balaban J connectivity index is 1.47.